The van der Waals surface area contributed by atoms with Crippen LogP contribution < -0.4 is 4.90 Å². The van der Waals surface area contributed by atoms with E-state index in [4.69, 9.17) is 11.6 Å². The predicted octanol–water partition coefficient (Wildman–Crippen LogP) is 6.49. The first-order valence-electron chi connectivity index (χ1n) is 8.95. The fourth-order valence-corrected chi connectivity index (χ4v) is 4.08. The van der Waals surface area contributed by atoms with Gasteiger partial charge in [0.25, 0.3) is 11.7 Å². The van der Waals surface area contributed by atoms with Crippen LogP contribution in [0.2, 0.25) is 5.02 Å². The zero-order chi connectivity index (χ0) is 21.4. The van der Waals surface area contributed by atoms with Crippen LogP contribution in [0.1, 0.15) is 17.2 Å². The number of halogens is 3. The van der Waals surface area contributed by atoms with Crippen molar-refractivity contribution >= 4 is 66.6 Å². The second kappa shape index (κ2) is 8.38. The van der Waals surface area contributed by atoms with Gasteiger partial charge < -0.3 is 5.11 Å². The summed E-state index contributed by atoms with van der Waals surface area (Å²) < 4.78 is 1.68. The number of rotatable bonds is 3. The third-order valence-electron chi connectivity index (χ3n) is 4.85. The Kier molecular flexibility index (Phi) is 5.82. The minimum absolute atomic E-state index is 0.0348. The van der Waals surface area contributed by atoms with Gasteiger partial charge in [-0.1, -0.05) is 67.7 Å². The Balaban J connectivity index is 1.93. The number of aliphatic hydroxyl groups is 1. The van der Waals surface area contributed by atoms with Crippen LogP contribution in [-0.4, -0.2) is 16.8 Å². The molecule has 0 saturated carbocycles. The Hall–Kier alpha value is -2.41. The molecule has 1 aliphatic heterocycles. The summed E-state index contributed by atoms with van der Waals surface area (Å²) in [5.41, 5.74) is 1.70. The zero-order valence-electron chi connectivity index (χ0n) is 15.4. The molecule has 150 valence electrons. The molecule has 1 atom stereocenters. The SMILES string of the molecule is O=C1C(=O)N(c2ccc(Br)cc2)C(c2ccc(Cl)cc2)/C1=C(/O)c1ccc(Br)cc1. The summed E-state index contributed by atoms with van der Waals surface area (Å²) >= 11 is 12.8. The van der Waals surface area contributed by atoms with Crippen LogP contribution in [0, 0.1) is 0 Å². The fraction of sp³-hybridized carbons (Fsp3) is 0.0435. The number of hydrogen-bond donors (Lipinski definition) is 1. The number of amides is 1. The van der Waals surface area contributed by atoms with E-state index in [0.717, 1.165) is 8.95 Å². The summed E-state index contributed by atoms with van der Waals surface area (Å²) in [6.07, 6.45) is 0. The topological polar surface area (TPSA) is 57.6 Å². The molecule has 1 unspecified atom stereocenters. The van der Waals surface area contributed by atoms with Crippen LogP contribution >= 0.6 is 43.5 Å². The van der Waals surface area contributed by atoms with Crippen LogP contribution in [0.15, 0.2) is 87.3 Å². The number of carbonyl (C=O) groups is 2. The molecule has 1 aliphatic rings. The monoisotopic (exact) mass is 545 g/mol. The average molecular weight is 548 g/mol. The Morgan fingerprint density at radius 2 is 1.37 bits per heavy atom. The fourth-order valence-electron chi connectivity index (χ4n) is 3.42. The minimum Gasteiger partial charge on any atom is -0.507 e. The molecule has 0 bridgehead atoms. The lowest BCUT2D eigenvalue weighted by molar-refractivity contribution is -0.132. The molecule has 0 radical (unpaired) electrons. The second-order valence-electron chi connectivity index (χ2n) is 6.70. The van der Waals surface area contributed by atoms with E-state index in [1.165, 1.54) is 4.90 Å². The largest absolute Gasteiger partial charge is 0.507 e. The van der Waals surface area contributed by atoms with Crippen molar-refractivity contribution in [2.24, 2.45) is 0 Å². The number of hydrogen-bond acceptors (Lipinski definition) is 3. The maximum atomic E-state index is 13.0. The molecule has 4 rings (SSSR count). The van der Waals surface area contributed by atoms with E-state index in [1.54, 1.807) is 72.8 Å². The minimum atomic E-state index is -0.785. The van der Waals surface area contributed by atoms with Crippen molar-refractivity contribution in [2.45, 2.75) is 6.04 Å². The summed E-state index contributed by atoms with van der Waals surface area (Å²) in [7, 11) is 0. The number of ketones is 1. The van der Waals surface area contributed by atoms with Crippen LogP contribution in [0.5, 0.6) is 0 Å². The van der Waals surface area contributed by atoms with E-state index in [0.29, 0.717) is 21.8 Å². The van der Waals surface area contributed by atoms with E-state index in [1.807, 2.05) is 0 Å². The first-order valence-corrected chi connectivity index (χ1v) is 10.9. The molecule has 1 heterocycles. The molecule has 3 aromatic carbocycles. The smallest absolute Gasteiger partial charge is 0.300 e. The summed E-state index contributed by atoms with van der Waals surface area (Å²) in [6, 6.07) is 20.1. The molecule has 0 aliphatic carbocycles. The third-order valence-corrected chi connectivity index (χ3v) is 6.16. The van der Waals surface area contributed by atoms with E-state index in [9.17, 15) is 14.7 Å². The molecular formula is C23H14Br2ClNO3. The van der Waals surface area contributed by atoms with Gasteiger partial charge in [0.1, 0.15) is 5.76 Å². The Morgan fingerprint density at radius 1 is 0.833 bits per heavy atom. The first-order chi connectivity index (χ1) is 14.4. The van der Waals surface area contributed by atoms with Crippen LogP contribution in [-0.2, 0) is 9.59 Å². The first kappa shape index (κ1) is 20.8. The van der Waals surface area contributed by atoms with Gasteiger partial charge in [0.15, 0.2) is 0 Å². The zero-order valence-corrected chi connectivity index (χ0v) is 19.3. The van der Waals surface area contributed by atoms with Crippen molar-refractivity contribution in [2.75, 3.05) is 4.90 Å². The highest BCUT2D eigenvalue weighted by molar-refractivity contribution is 9.10. The maximum absolute atomic E-state index is 13.0. The van der Waals surface area contributed by atoms with E-state index < -0.39 is 17.7 Å². The quantitative estimate of drug-likeness (QED) is 0.232. The normalized spacial score (nSPS) is 18.1. The van der Waals surface area contributed by atoms with Crippen molar-refractivity contribution in [3.8, 4) is 0 Å². The van der Waals surface area contributed by atoms with Gasteiger partial charge in [-0.15, -0.1) is 0 Å². The van der Waals surface area contributed by atoms with Crippen molar-refractivity contribution in [3.05, 3.63) is 103 Å². The number of Topliss-reactive ketones (excluding diaryl/α,β-unsaturated/α-hetero) is 1. The van der Waals surface area contributed by atoms with Gasteiger partial charge in [-0.2, -0.15) is 0 Å². The number of benzene rings is 3. The molecular weight excluding hydrogens is 534 g/mol. The van der Waals surface area contributed by atoms with Crippen LogP contribution in [0.3, 0.4) is 0 Å². The molecule has 1 fully saturated rings. The summed E-state index contributed by atoms with van der Waals surface area (Å²) in [5.74, 6) is -1.66. The van der Waals surface area contributed by atoms with E-state index in [2.05, 4.69) is 31.9 Å². The average Bonchev–Trinajstić information content (AvgIpc) is 3.00. The maximum Gasteiger partial charge on any atom is 0.300 e. The molecule has 7 heteroatoms. The van der Waals surface area contributed by atoms with Crippen molar-refractivity contribution < 1.29 is 14.7 Å². The van der Waals surface area contributed by atoms with Gasteiger partial charge in [-0.05, 0) is 54.1 Å². The number of carbonyl (C=O) groups excluding carboxylic acids is 2. The summed E-state index contributed by atoms with van der Waals surface area (Å²) in [5, 5.41) is 11.6. The second-order valence-corrected chi connectivity index (χ2v) is 8.97. The van der Waals surface area contributed by atoms with Gasteiger partial charge >= 0.3 is 0 Å². The van der Waals surface area contributed by atoms with Gasteiger partial charge in [-0.3, -0.25) is 14.5 Å². The highest BCUT2D eigenvalue weighted by atomic mass is 79.9. The molecule has 1 amide bonds. The summed E-state index contributed by atoms with van der Waals surface area (Å²) in [4.78, 5) is 27.5. The number of anilines is 1. The summed E-state index contributed by atoms with van der Waals surface area (Å²) in [6.45, 7) is 0. The molecule has 4 nitrogen and oxygen atoms in total. The van der Waals surface area contributed by atoms with Crippen LogP contribution in [0.4, 0.5) is 5.69 Å². The van der Waals surface area contributed by atoms with Gasteiger partial charge in [0.05, 0.1) is 11.6 Å². The highest BCUT2D eigenvalue weighted by Gasteiger charge is 2.46. The van der Waals surface area contributed by atoms with Gasteiger partial charge in [0, 0.05) is 25.2 Å². The van der Waals surface area contributed by atoms with E-state index >= 15 is 0 Å². The molecule has 0 aromatic heterocycles. The molecule has 30 heavy (non-hydrogen) atoms. The lowest BCUT2D eigenvalue weighted by Gasteiger charge is -2.25. The van der Waals surface area contributed by atoms with Crippen molar-refractivity contribution in [3.63, 3.8) is 0 Å². The highest BCUT2D eigenvalue weighted by Crippen LogP contribution is 2.42. The third kappa shape index (κ3) is 3.83. The molecule has 1 saturated heterocycles. The van der Waals surface area contributed by atoms with Gasteiger partial charge in [0.2, 0.25) is 0 Å². The lowest BCUT2D eigenvalue weighted by atomic mass is 9.95. The standard InChI is InChI=1S/C23H14Br2ClNO3/c24-15-5-1-14(2-6-15)21(28)19-20(13-3-9-17(26)10-4-13)27(23(30)22(19)29)18-11-7-16(25)8-12-18/h1-12,20,28H/b21-19-. The lowest BCUT2D eigenvalue weighted by Crippen LogP contribution is -2.29. The van der Waals surface area contributed by atoms with E-state index in [-0.39, 0.29) is 11.3 Å². The molecule has 0 spiro atoms. The molecule has 3 aromatic rings. The Morgan fingerprint density at radius 3 is 1.93 bits per heavy atom. The van der Waals surface area contributed by atoms with Gasteiger partial charge in [-0.25, -0.2) is 0 Å². The number of nitrogens with zero attached hydrogens (tertiary/aromatic N) is 1. The van der Waals surface area contributed by atoms with Crippen molar-refractivity contribution in [1.82, 2.24) is 0 Å². The Labute approximate surface area is 195 Å². The Bertz CT molecular complexity index is 1160. The van der Waals surface area contributed by atoms with Crippen LogP contribution in [0.25, 0.3) is 5.76 Å². The van der Waals surface area contributed by atoms with Crippen molar-refractivity contribution in [1.29, 1.82) is 0 Å². The predicted molar refractivity (Wildman–Crippen MR) is 125 cm³/mol. The number of aliphatic hydroxyl groups excluding tert-OH is 1. The molecule has 1 N–H and O–H groups in total.